The van der Waals surface area contributed by atoms with Gasteiger partial charge in [0.25, 0.3) is 5.89 Å². The molecule has 1 aromatic heterocycles. The van der Waals surface area contributed by atoms with Gasteiger partial charge in [0, 0.05) is 20.6 Å². The quantitative estimate of drug-likeness (QED) is 0.674. The van der Waals surface area contributed by atoms with E-state index in [0.29, 0.717) is 16.7 Å². The Morgan fingerprint density at radius 3 is 2.47 bits per heavy atom. The lowest BCUT2D eigenvalue weighted by atomic mass is 10.2. The van der Waals surface area contributed by atoms with Crippen molar-refractivity contribution in [1.82, 2.24) is 10.1 Å². The van der Waals surface area contributed by atoms with Crippen molar-refractivity contribution in [2.75, 3.05) is 0 Å². The van der Waals surface area contributed by atoms with E-state index in [1.165, 1.54) is 0 Å². The van der Waals surface area contributed by atoms with E-state index in [1.807, 2.05) is 36.4 Å². The van der Waals surface area contributed by atoms with Gasteiger partial charge < -0.3 is 4.52 Å². The summed E-state index contributed by atoms with van der Waals surface area (Å²) in [5, 5.41) is 4.67. The van der Waals surface area contributed by atoms with Gasteiger partial charge >= 0.3 is 0 Å². The Balaban J connectivity index is 2.00. The van der Waals surface area contributed by atoms with Crippen molar-refractivity contribution in [2.24, 2.45) is 0 Å². The van der Waals surface area contributed by atoms with Gasteiger partial charge in [0.1, 0.15) is 0 Å². The van der Waals surface area contributed by atoms with Crippen molar-refractivity contribution >= 4 is 27.5 Å². The Bertz CT molecular complexity index is 709. The first-order valence-electron chi connectivity index (χ1n) is 5.58. The SMILES string of the molecule is Clc1ccc(-c2nc(-c3ccccc3Br)no2)cc1. The molecule has 0 fully saturated rings. The molecule has 0 aliphatic rings. The predicted molar refractivity (Wildman–Crippen MR) is 77.9 cm³/mol. The fourth-order valence-corrected chi connectivity index (χ4v) is 2.27. The maximum absolute atomic E-state index is 5.85. The van der Waals surface area contributed by atoms with Crippen molar-refractivity contribution in [2.45, 2.75) is 0 Å². The standard InChI is InChI=1S/C14H8BrClN2O/c15-12-4-2-1-3-11(12)13-17-14(19-18-13)9-5-7-10(16)8-6-9/h1-8H. The van der Waals surface area contributed by atoms with E-state index in [1.54, 1.807) is 12.1 Å². The highest BCUT2D eigenvalue weighted by molar-refractivity contribution is 9.10. The first-order chi connectivity index (χ1) is 9.24. The summed E-state index contributed by atoms with van der Waals surface area (Å²) in [6.45, 7) is 0. The Morgan fingerprint density at radius 1 is 1.00 bits per heavy atom. The number of halogens is 2. The van der Waals surface area contributed by atoms with Gasteiger partial charge in [-0.2, -0.15) is 4.98 Å². The van der Waals surface area contributed by atoms with Gasteiger partial charge in [0.05, 0.1) is 0 Å². The molecular formula is C14H8BrClN2O. The van der Waals surface area contributed by atoms with Crippen LogP contribution in [0, 0.1) is 0 Å². The molecule has 3 rings (SSSR count). The van der Waals surface area contributed by atoms with Crippen molar-refractivity contribution in [1.29, 1.82) is 0 Å². The monoisotopic (exact) mass is 334 g/mol. The second-order valence-corrected chi connectivity index (χ2v) is 5.20. The lowest BCUT2D eigenvalue weighted by Gasteiger charge is -1.96. The van der Waals surface area contributed by atoms with Crippen LogP contribution in [0.4, 0.5) is 0 Å². The lowest BCUT2D eigenvalue weighted by Crippen LogP contribution is -1.82. The molecular weight excluding hydrogens is 328 g/mol. The highest BCUT2D eigenvalue weighted by Gasteiger charge is 2.12. The first kappa shape index (κ1) is 12.4. The van der Waals surface area contributed by atoms with Crippen molar-refractivity contribution in [3.05, 3.63) is 58.0 Å². The summed E-state index contributed by atoms with van der Waals surface area (Å²) >= 11 is 9.32. The fraction of sp³-hybridized carbons (Fsp3) is 0. The smallest absolute Gasteiger partial charge is 0.258 e. The Kier molecular flexibility index (Phi) is 3.36. The van der Waals surface area contributed by atoms with Crippen LogP contribution in [0.15, 0.2) is 57.5 Å². The maximum atomic E-state index is 5.85. The van der Waals surface area contributed by atoms with Crippen molar-refractivity contribution < 1.29 is 4.52 Å². The van der Waals surface area contributed by atoms with Crippen LogP contribution in [-0.4, -0.2) is 10.1 Å². The van der Waals surface area contributed by atoms with E-state index >= 15 is 0 Å². The van der Waals surface area contributed by atoms with Gasteiger partial charge in [0.2, 0.25) is 5.82 Å². The summed E-state index contributed by atoms with van der Waals surface area (Å²) in [7, 11) is 0. The molecule has 0 saturated carbocycles. The minimum Gasteiger partial charge on any atom is -0.334 e. The average molecular weight is 336 g/mol. The summed E-state index contributed by atoms with van der Waals surface area (Å²) < 4.78 is 6.20. The average Bonchev–Trinajstić information content (AvgIpc) is 2.89. The first-order valence-corrected chi connectivity index (χ1v) is 6.76. The molecule has 3 aromatic rings. The van der Waals surface area contributed by atoms with Crippen LogP contribution < -0.4 is 0 Å². The molecule has 0 aliphatic carbocycles. The van der Waals surface area contributed by atoms with Gasteiger partial charge in [-0.05, 0) is 36.4 Å². The van der Waals surface area contributed by atoms with E-state index in [-0.39, 0.29) is 0 Å². The summed E-state index contributed by atoms with van der Waals surface area (Å²) in [5.41, 5.74) is 1.74. The molecule has 0 bridgehead atoms. The van der Waals surface area contributed by atoms with Gasteiger partial charge in [-0.25, -0.2) is 0 Å². The third-order valence-electron chi connectivity index (χ3n) is 2.63. The van der Waals surface area contributed by atoms with Crippen LogP contribution in [0.3, 0.4) is 0 Å². The van der Waals surface area contributed by atoms with Gasteiger partial charge in [-0.3, -0.25) is 0 Å². The van der Waals surface area contributed by atoms with Crippen LogP contribution in [0.25, 0.3) is 22.8 Å². The Hall–Kier alpha value is -1.65. The maximum Gasteiger partial charge on any atom is 0.258 e. The second kappa shape index (κ2) is 5.15. The highest BCUT2D eigenvalue weighted by atomic mass is 79.9. The summed E-state index contributed by atoms with van der Waals surface area (Å²) in [6, 6.07) is 15.0. The number of rotatable bonds is 2. The van der Waals surface area contributed by atoms with Crippen LogP contribution >= 0.6 is 27.5 Å². The minimum absolute atomic E-state index is 0.474. The molecule has 0 spiro atoms. The lowest BCUT2D eigenvalue weighted by molar-refractivity contribution is 0.432. The molecule has 0 unspecified atom stereocenters. The fourth-order valence-electron chi connectivity index (χ4n) is 1.69. The Labute approximate surface area is 123 Å². The molecule has 0 atom stereocenters. The van der Waals surface area contributed by atoms with E-state index in [0.717, 1.165) is 15.6 Å². The van der Waals surface area contributed by atoms with Crippen LogP contribution in [0.1, 0.15) is 0 Å². The molecule has 94 valence electrons. The van der Waals surface area contributed by atoms with Gasteiger partial charge in [0.15, 0.2) is 0 Å². The molecule has 2 aromatic carbocycles. The van der Waals surface area contributed by atoms with Crippen molar-refractivity contribution in [3.8, 4) is 22.8 Å². The summed E-state index contributed by atoms with van der Waals surface area (Å²) in [6.07, 6.45) is 0. The van der Waals surface area contributed by atoms with E-state index in [9.17, 15) is 0 Å². The van der Waals surface area contributed by atoms with Crippen LogP contribution in [0.2, 0.25) is 5.02 Å². The molecule has 3 nitrogen and oxygen atoms in total. The molecule has 0 saturated heterocycles. The minimum atomic E-state index is 0.474. The molecule has 1 heterocycles. The number of hydrogen-bond acceptors (Lipinski definition) is 3. The normalized spacial score (nSPS) is 10.6. The van der Waals surface area contributed by atoms with E-state index in [2.05, 4.69) is 26.1 Å². The van der Waals surface area contributed by atoms with Crippen LogP contribution in [-0.2, 0) is 0 Å². The molecule has 0 N–H and O–H groups in total. The third kappa shape index (κ3) is 2.55. The summed E-state index contributed by atoms with van der Waals surface area (Å²) in [4.78, 5) is 4.39. The molecule has 0 aliphatic heterocycles. The summed E-state index contributed by atoms with van der Waals surface area (Å²) in [5.74, 6) is 1.03. The molecule has 0 amide bonds. The predicted octanol–water partition coefficient (Wildman–Crippen LogP) is 4.82. The highest BCUT2D eigenvalue weighted by Crippen LogP contribution is 2.28. The number of hydrogen-bond donors (Lipinski definition) is 0. The zero-order chi connectivity index (χ0) is 13.2. The van der Waals surface area contributed by atoms with Gasteiger partial charge in [-0.1, -0.05) is 44.8 Å². The zero-order valence-corrected chi connectivity index (χ0v) is 12.0. The zero-order valence-electron chi connectivity index (χ0n) is 9.68. The topological polar surface area (TPSA) is 38.9 Å². The number of nitrogens with zero attached hydrogens (tertiary/aromatic N) is 2. The van der Waals surface area contributed by atoms with E-state index < -0.39 is 0 Å². The Morgan fingerprint density at radius 2 is 1.74 bits per heavy atom. The number of benzene rings is 2. The van der Waals surface area contributed by atoms with Gasteiger partial charge in [-0.15, -0.1) is 0 Å². The molecule has 5 heteroatoms. The number of aromatic nitrogens is 2. The largest absolute Gasteiger partial charge is 0.334 e. The third-order valence-corrected chi connectivity index (χ3v) is 3.58. The van der Waals surface area contributed by atoms with Crippen LogP contribution in [0.5, 0.6) is 0 Å². The molecule has 0 radical (unpaired) electrons. The second-order valence-electron chi connectivity index (χ2n) is 3.91. The van der Waals surface area contributed by atoms with E-state index in [4.69, 9.17) is 16.1 Å². The van der Waals surface area contributed by atoms with Crippen molar-refractivity contribution in [3.63, 3.8) is 0 Å². The molecule has 19 heavy (non-hydrogen) atoms.